The second-order valence-corrected chi connectivity index (χ2v) is 4.62. The largest absolute Gasteiger partial charge is 0.313 e. The highest BCUT2D eigenvalue weighted by Crippen LogP contribution is 2.23. The molecule has 0 fully saturated rings. The number of hydrogen-bond donors (Lipinski definition) is 0. The maximum absolute atomic E-state index is 12.2. The highest BCUT2D eigenvalue weighted by Gasteiger charge is 2.12. The second kappa shape index (κ2) is 5.38. The van der Waals surface area contributed by atoms with Crippen molar-refractivity contribution in [2.45, 2.75) is 6.92 Å². The van der Waals surface area contributed by atoms with Crippen LogP contribution in [-0.2, 0) is 0 Å². The number of benzene rings is 1. The predicted molar refractivity (Wildman–Crippen MR) is 73.0 cm³/mol. The van der Waals surface area contributed by atoms with Gasteiger partial charge in [0.1, 0.15) is 0 Å². The van der Waals surface area contributed by atoms with E-state index in [4.69, 9.17) is 23.2 Å². The lowest BCUT2D eigenvalue weighted by Crippen LogP contribution is -2.02. The van der Waals surface area contributed by atoms with Gasteiger partial charge in [-0.3, -0.25) is 4.79 Å². The van der Waals surface area contributed by atoms with Gasteiger partial charge in [0.2, 0.25) is 0 Å². The summed E-state index contributed by atoms with van der Waals surface area (Å²) in [6.07, 6.45) is 6.70. The number of hydrogen-bond acceptors (Lipinski definition) is 2. The monoisotopic (exact) mass is 280 g/mol. The van der Waals surface area contributed by atoms with Gasteiger partial charge in [0, 0.05) is 34.8 Å². The summed E-state index contributed by atoms with van der Waals surface area (Å²) in [6, 6.07) is 4.82. The van der Waals surface area contributed by atoms with Gasteiger partial charge in [0.05, 0.1) is 11.3 Å². The molecule has 0 aliphatic carbocycles. The average molecular weight is 281 g/mol. The number of aromatic nitrogens is 2. The lowest BCUT2D eigenvalue weighted by atomic mass is 10.1. The van der Waals surface area contributed by atoms with E-state index in [1.807, 2.05) is 0 Å². The minimum Gasteiger partial charge on any atom is -0.313 e. The average Bonchev–Trinajstić information content (AvgIpc) is 2.81. The molecule has 3 nitrogen and oxygen atoms in total. The van der Waals surface area contributed by atoms with Crippen LogP contribution < -0.4 is 0 Å². The minimum atomic E-state index is -0.134. The first-order valence-corrected chi connectivity index (χ1v) is 5.99. The van der Waals surface area contributed by atoms with E-state index in [2.05, 4.69) is 4.98 Å². The Morgan fingerprint density at radius 1 is 1.39 bits per heavy atom. The number of allylic oxidation sites excluding steroid dienone is 1. The van der Waals surface area contributed by atoms with E-state index in [1.54, 1.807) is 54.6 Å². The minimum absolute atomic E-state index is 0.134. The Bertz CT molecular complexity index is 603. The zero-order valence-corrected chi connectivity index (χ0v) is 11.1. The molecule has 0 amide bonds. The van der Waals surface area contributed by atoms with Crippen molar-refractivity contribution in [3.63, 3.8) is 0 Å². The van der Waals surface area contributed by atoms with E-state index in [0.29, 0.717) is 21.2 Å². The van der Waals surface area contributed by atoms with Crippen LogP contribution in [0.2, 0.25) is 10.0 Å². The molecule has 0 aliphatic rings. The number of Topliss-reactive ketones (excluding diaryl/α,β-unsaturated/α-hetero) is 1. The summed E-state index contributed by atoms with van der Waals surface area (Å²) in [6.45, 7) is 1.73. The fraction of sp³-hybridized carbons (Fsp3) is 0.0769. The van der Waals surface area contributed by atoms with Crippen molar-refractivity contribution in [2.75, 3.05) is 0 Å². The summed E-state index contributed by atoms with van der Waals surface area (Å²) in [5, 5.41) is 0.860. The second-order valence-electron chi connectivity index (χ2n) is 3.78. The van der Waals surface area contributed by atoms with Crippen molar-refractivity contribution in [1.29, 1.82) is 0 Å². The van der Waals surface area contributed by atoms with Crippen LogP contribution in [0.5, 0.6) is 0 Å². The lowest BCUT2D eigenvalue weighted by Gasteiger charge is -2.04. The van der Waals surface area contributed by atoms with Crippen LogP contribution in [0.15, 0.2) is 42.5 Å². The number of carbonyl (C=O) groups is 1. The van der Waals surface area contributed by atoms with Crippen molar-refractivity contribution in [2.24, 2.45) is 0 Å². The summed E-state index contributed by atoms with van der Waals surface area (Å²) in [7, 11) is 0. The van der Waals surface area contributed by atoms with Crippen molar-refractivity contribution in [3.8, 4) is 0 Å². The van der Waals surface area contributed by atoms with Crippen LogP contribution in [0.1, 0.15) is 17.3 Å². The summed E-state index contributed by atoms with van der Waals surface area (Å²) < 4.78 is 1.71. The predicted octanol–water partition coefficient (Wildman–Crippen LogP) is 3.93. The standard InChI is InChI=1S/C13H10Cl2N2O/c1-9(7-17-5-4-16-8-17)13(18)11-3-2-10(14)6-12(11)15/h2-8H,1H3. The van der Waals surface area contributed by atoms with Crippen molar-refractivity contribution >= 4 is 35.2 Å². The molecule has 1 aromatic heterocycles. The van der Waals surface area contributed by atoms with Crippen LogP contribution in [-0.4, -0.2) is 15.3 Å². The smallest absolute Gasteiger partial charge is 0.191 e. The van der Waals surface area contributed by atoms with E-state index >= 15 is 0 Å². The van der Waals surface area contributed by atoms with Gasteiger partial charge >= 0.3 is 0 Å². The van der Waals surface area contributed by atoms with E-state index in [0.717, 1.165) is 0 Å². The normalized spacial score (nSPS) is 11.6. The first-order valence-electron chi connectivity index (χ1n) is 5.23. The van der Waals surface area contributed by atoms with Gasteiger partial charge in [-0.25, -0.2) is 4.98 Å². The maximum Gasteiger partial charge on any atom is 0.191 e. The lowest BCUT2D eigenvalue weighted by molar-refractivity contribution is 0.103. The highest BCUT2D eigenvalue weighted by molar-refractivity contribution is 6.37. The van der Waals surface area contributed by atoms with Crippen molar-refractivity contribution < 1.29 is 4.79 Å². The van der Waals surface area contributed by atoms with Crippen LogP contribution in [0, 0.1) is 0 Å². The molecule has 0 bridgehead atoms. The van der Waals surface area contributed by atoms with E-state index < -0.39 is 0 Å². The number of carbonyl (C=O) groups excluding carboxylic acids is 1. The first-order chi connectivity index (χ1) is 8.58. The maximum atomic E-state index is 12.2. The van der Waals surface area contributed by atoms with Gasteiger partial charge in [0.15, 0.2) is 5.78 Å². The molecule has 1 aromatic carbocycles. The molecule has 18 heavy (non-hydrogen) atoms. The third kappa shape index (κ3) is 2.81. The van der Waals surface area contributed by atoms with Gasteiger partial charge in [0.25, 0.3) is 0 Å². The molecule has 0 aliphatic heterocycles. The number of imidazole rings is 1. The zero-order chi connectivity index (χ0) is 13.1. The Labute approximate surface area is 115 Å². The van der Waals surface area contributed by atoms with Gasteiger partial charge < -0.3 is 4.57 Å². The summed E-state index contributed by atoms with van der Waals surface area (Å²) in [5.41, 5.74) is 1.01. The molecule has 0 unspecified atom stereocenters. The van der Waals surface area contributed by atoms with E-state index in [-0.39, 0.29) is 5.78 Å². The molecule has 2 aromatic rings. The summed E-state index contributed by atoms with van der Waals surface area (Å²) in [4.78, 5) is 16.1. The fourth-order valence-corrected chi connectivity index (χ4v) is 2.01. The molecule has 2 rings (SSSR count). The molecule has 0 N–H and O–H groups in total. The van der Waals surface area contributed by atoms with Crippen molar-refractivity contribution in [3.05, 3.63) is 58.1 Å². The third-order valence-electron chi connectivity index (χ3n) is 2.40. The first kappa shape index (κ1) is 12.9. The highest BCUT2D eigenvalue weighted by atomic mass is 35.5. The SMILES string of the molecule is CC(=Cn1ccnc1)C(=O)c1ccc(Cl)cc1Cl. The van der Waals surface area contributed by atoms with Gasteiger partial charge in [-0.2, -0.15) is 0 Å². The Balaban J connectivity index is 2.31. The number of ketones is 1. The summed E-state index contributed by atoms with van der Waals surface area (Å²) in [5.74, 6) is -0.134. The topological polar surface area (TPSA) is 34.9 Å². The quantitative estimate of drug-likeness (QED) is 0.631. The molecule has 5 heteroatoms. The number of rotatable bonds is 3. The molecular weight excluding hydrogens is 271 g/mol. The van der Waals surface area contributed by atoms with Crippen molar-refractivity contribution in [1.82, 2.24) is 9.55 Å². The number of halogens is 2. The Morgan fingerprint density at radius 2 is 2.17 bits per heavy atom. The number of nitrogens with zero attached hydrogens (tertiary/aromatic N) is 2. The van der Waals surface area contributed by atoms with Crippen LogP contribution in [0.25, 0.3) is 6.20 Å². The molecule has 0 saturated heterocycles. The van der Waals surface area contributed by atoms with E-state index in [1.165, 1.54) is 0 Å². The van der Waals surface area contributed by atoms with Gasteiger partial charge in [-0.1, -0.05) is 23.2 Å². The van der Waals surface area contributed by atoms with Gasteiger partial charge in [-0.15, -0.1) is 0 Å². The Morgan fingerprint density at radius 3 is 2.78 bits per heavy atom. The third-order valence-corrected chi connectivity index (χ3v) is 2.95. The molecule has 1 heterocycles. The van der Waals surface area contributed by atoms with Crippen LogP contribution >= 0.6 is 23.2 Å². The molecule has 0 spiro atoms. The molecule has 0 saturated carbocycles. The zero-order valence-electron chi connectivity index (χ0n) is 9.60. The van der Waals surface area contributed by atoms with Gasteiger partial charge in [-0.05, 0) is 25.1 Å². The van der Waals surface area contributed by atoms with Crippen LogP contribution in [0.4, 0.5) is 0 Å². The molecular formula is C13H10Cl2N2O. The Hall–Kier alpha value is -1.58. The summed E-state index contributed by atoms with van der Waals surface area (Å²) >= 11 is 11.8. The molecule has 92 valence electrons. The van der Waals surface area contributed by atoms with Crippen LogP contribution in [0.3, 0.4) is 0 Å². The molecule has 0 atom stereocenters. The Kier molecular flexibility index (Phi) is 3.84. The van der Waals surface area contributed by atoms with E-state index in [9.17, 15) is 4.79 Å². The molecule has 0 radical (unpaired) electrons. The fourth-order valence-electron chi connectivity index (χ4n) is 1.51.